The van der Waals surface area contributed by atoms with Crippen LogP contribution in [0.3, 0.4) is 0 Å². The molecule has 1 aliphatic heterocycles. The summed E-state index contributed by atoms with van der Waals surface area (Å²) in [5.74, 6) is 4.19. The minimum absolute atomic E-state index is 0.0195. The third-order valence-corrected chi connectivity index (χ3v) is 2.79. The maximum atomic E-state index is 11.0. The smallest absolute Gasteiger partial charge is 0.327 e. The molecule has 5 N–H and O–H groups in total. The van der Waals surface area contributed by atoms with Crippen LogP contribution in [0.1, 0.15) is 19.3 Å². The van der Waals surface area contributed by atoms with Crippen LogP contribution in [0.5, 0.6) is 0 Å². The van der Waals surface area contributed by atoms with Crippen molar-refractivity contribution >= 4 is 11.9 Å². The van der Waals surface area contributed by atoms with Gasteiger partial charge in [-0.05, 0) is 25.9 Å². The number of primary amides is 1. The van der Waals surface area contributed by atoms with Gasteiger partial charge in [-0.1, -0.05) is 5.59 Å². The molecule has 7 nitrogen and oxygen atoms in total. The molecular weight excluding hydrogens is 212 g/mol. The Kier molecular flexibility index (Phi) is 5.17. The number of likely N-dealkylation sites (tertiary alicyclic amines) is 1. The van der Waals surface area contributed by atoms with E-state index in [-0.39, 0.29) is 24.2 Å². The fraction of sp³-hybridized carbons (Fsp3) is 0.778. The molecule has 0 atom stereocenters. The lowest BCUT2D eigenvalue weighted by Gasteiger charge is -2.29. The van der Waals surface area contributed by atoms with Gasteiger partial charge in [0.25, 0.3) is 0 Å². The van der Waals surface area contributed by atoms with Gasteiger partial charge in [0, 0.05) is 12.5 Å². The molecule has 0 aromatic heterocycles. The summed E-state index contributed by atoms with van der Waals surface area (Å²) in [5, 5.41) is 0. The molecule has 0 bridgehead atoms. The van der Waals surface area contributed by atoms with Gasteiger partial charge in [0.1, 0.15) is 0 Å². The second kappa shape index (κ2) is 6.41. The molecule has 1 aliphatic rings. The van der Waals surface area contributed by atoms with Gasteiger partial charge in [-0.15, -0.1) is 0 Å². The van der Waals surface area contributed by atoms with Crippen LogP contribution in [0.4, 0.5) is 0 Å². The SMILES string of the molecule is NNOC(=O)CCN1CCC(C(N)=O)CC1. The summed E-state index contributed by atoms with van der Waals surface area (Å²) in [7, 11) is 0. The number of nitrogens with one attached hydrogen (secondary N) is 1. The van der Waals surface area contributed by atoms with Gasteiger partial charge in [0.05, 0.1) is 6.42 Å². The van der Waals surface area contributed by atoms with Crippen molar-refractivity contribution in [1.82, 2.24) is 10.5 Å². The zero-order valence-corrected chi connectivity index (χ0v) is 9.15. The minimum Gasteiger partial charge on any atom is -0.369 e. The van der Waals surface area contributed by atoms with E-state index < -0.39 is 0 Å². The highest BCUT2D eigenvalue weighted by Gasteiger charge is 2.23. The quantitative estimate of drug-likeness (QED) is 0.391. The number of hydrogen-bond acceptors (Lipinski definition) is 6. The van der Waals surface area contributed by atoms with Gasteiger partial charge in [-0.3, -0.25) is 9.59 Å². The summed E-state index contributed by atoms with van der Waals surface area (Å²) in [4.78, 5) is 28.4. The summed E-state index contributed by atoms with van der Waals surface area (Å²) in [6, 6.07) is 0. The fourth-order valence-electron chi connectivity index (χ4n) is 1.81. The Morgan fingerprint density at radius 3 is 2.50 bits per heavy atom. The standard InChI is InChI=1S/C9H18N4O3/c10-9(15)7-1-4-13(5-2-7)6-3-8(14)16-12-11/h7,12H,1-6,11H2,(H2,10,15). The van der Waals surface area contributed by atoms with Gasteiger partial charge in [0.2, 0.25) is 5.91 Å². The second-order valence-corrected chi connectivity index (χ2v) is 3.86. The van der Waals surface area contributed by atoms with E-state index in [1.807, 2.05) is 5.59 Å². The summed E-state index contributed by atoms with van der Waals surface area (Å²) >= 11 is 0. The van der Waals surface area contributed by atoms with Crippen LogP contribution in [0.25, 0.3) is 0 Å². The highest BCUT2D eigenvalue weighted by Crippen LogP contribution is 2.16. The Balaban J connectivity index is 2.17. The van der Waals surface area contributed by atoms with Gasteiger partial charge in [0.15, 0.2) is 0 Å². The number of hydrogen-bond donors (Lipinski definition) is 3. The van der Waals surface area contributed by atoms with Gasteiger partial charge >= 0.3 is 5.97 Å². The number of piperidine rings is 1. The number of carbonyl (C=O) groups is 2. The molecule has 0 aromatic rings. The number of carbonyl (C=O) groups excluding carboxylic acids is 2. The van der Waals surface area contributed by atoms with Crippen LogP contribution in [-0.4, -0.2) is 36.4 Å². The van der Waals surface area contributed by atoms with E-state index in [0.29, 0.717) is 6.54 Å². The molecule has 7 heteroatoms. The van der Waals surface area contributed by atoms with E-state index in [0.717, 1.165) is 25.9 Å². The zero-order chi connectivity index (χ0) is 12.0. The molecule has 1 rings (SSSR count). The van der Waals surface area contributed by atoms with Crippen LogP contribution < -0.4 is 17.2 Å². The minimum atomic E-state index is -0.389. The molecule has 1 heterocycles. The lowest BCUT2D eigenvalue weighted by Crippen LogP contribution is -2.39. The predicted octanol–water partition coefficient (Wildman–Crippen LogP) is -1.50. The summed E-state index contributed by atoms with van der Waals surface area (Å²) in [6.45, 7) is 2.19. The highest BCUT2D eigenvalue weighted by atomic mass is 16.7. The number of rotatable bonds is 5. The van der Waals surface area contributed by atoms with Crippen LogP contribution in [0.2, 0.25) is 0 Å². The zero-order valence-electron chi connectivity index (χ0n) is 9.15. The molecule has 0 unspecified atom stereocenters. The largest absolute Gasteiger partial charge is 0.369 e. The van der Waals surface area contributed by atoms with Crippen molar-refractivity contribution in [3.63, 3.8) is 0 Å². The van der Waals surface area contributed by atoms with Crippen LogP contribution >= 0.6 is 0 Å². The van der Waals surface area contributed by atoms with Crippen molar-refractivity contribution in [3.8, 4) is 0 Å². The summed E-state index contributed by atoms with van der Waals surface area (Å²) < 4.78 is 0. The van der Waals surface area contributed by atoms with E-state index in [1.54, 1.807) is 0 Å². The first-order valence-electron chi connectivity index (χ1n) is 5.30. The molecule has 0 saturated carbocycles. The van der Waals surface area contributed by atoms with Crippen LogP contribution in [-0.2, 0) is 14.4 Å². The molecule has 1 amide bonds. The Bertz CT molecular complexity index is 251. The summed E-state index contributed by atoms with van der Waals surface area (Å²) in [5.41, 5.74) is 7.07. The maximum Gasteiger partial charge on any atom is 0.327 e. The van der Waals surface area contributed by atoms with Crippen molar-refractivity contribution in [2.24, 2.45) is 17.5 Å². The monoisotopic (exact) mass is 230 g/mol. The number of nitrogens with two attached hydrogens (primary N) is 2. The number of nitrogens with zero attached hydrogens (tertiary/aromatic N) is 1. The topological polar surface area (TPSA) is 111 Å². The fourth-order valence-corrected chi connectivity index (χ4v) is 1.81. The van der Waals surface area contributed by atoms with Crippen molar-refractivity contribution in [3.05, 3.63) is 0 Å². The van der Waals surface area contributed by atoms with Crippen molar-refractivity contribution in [2.45, 2.75) is 19.3 Å². The number of amides is 1. The first-order chi connectivity index (χ1) is 7.63. The molecular formula is C9H18N4O3. The predicted molar refractivity (Wildman–Crippen MR) is 56.4 cm³/mol. The van der Waals surface area contributed by atoms with Gasteiger partial charge in [-0.2, -0.15) is 0 Å². The molecule has 1 saturated heterocycles. The van der Waals surface area contributed by atoms with E-state index >= 15 is 0 Å². The normalized spacial score (nSPS) is 18.3. The van der Waals surface area contributed by atoms with Crippen molar-refractivity contribution in [2.75, 3.05) is 19.6 Å². The molecule has 0 spiro atoms. The van der Waals surface area contributed by atoms with Crippen molar-refractivity contribution < 1.29 is 14.4 Å². The number of hydrazine groups is 1. The van der Waals surface area contributed by atoms with E-state index in [1.165, 1.54) is 0 Å². The second-order valence-electron chi connectivity index (χ2n) is 3.86. The average molecular weight is 230 g/mol. The first kappa shape index (κ1) is 12.9. The first-order valence-corrected chi connectivity index (χ1v) is 5.30. The van der Waals surface area contributed by atoms with E-state index in [4.69, 9.17) is 11.6 Å². The Morgan fingerprint density at radius 1 is 1.38 bits per heavy atom. The summed E-state index contributed by atoms with van der Waals surface area (Å²) in [6.07, 6.45) is 1.81. The molecule has 92 valence electrons. The Labute approximate surface area is 94.0 Å². The van der Waals surface area contributed by atoms with Crippen LogP contribution in [0, 0.1) is 5.92 Å². The van der Waals surface area contributed by atoms with E-state index in [9.17, 15) is 9.59 Å². The molecule has 0 aromatic carbocycles. The molecule has 0 aliphatic carbocycles. The lowest BCUT2D eigenvalue weighted by atomic mass is 9.96. The average Bonchev–Trinajstić information content (AvgIpc) is 2.27. The van der Waals surface area contributed by atoms with Gasteiger partial charge in [-0.25, -0.2) is 5.84 Å². The molecule has 1 fully saturated rings. The van der Waals surface area contributed by atoms with Crippen molar-refractivity contribution in [1.29, 1.82) is 0 Å². The van der Waals surface area contributed by atoms with E-state index in [2.05, 4.69) is 9.74 Å². The third-order valence-electron chi connectivity index (χ3n) is 2.79. The Morgan fingerprint density at radius 2 is 2.00 bits per heavy atom. The molecule has 16 heavy (non-hydrogen) atoms. The Hall–Kier alpha value is -1.18. The lowest BCUT2D eigenvalue weighted by molar-refractivity contribution is -0.151. The maximum absolute atomic E-state index is 11.0. The van der Waals surface area contributed by atoms with Crippen LogP contribution in [0.15, 0.2) is 0 Å². The van der Waals surface area contributed by atoms with Gasteiger partial charge < -0.3 is 15.5 Å². The third kappa shape index (κ3) is 4.13. The molecule has 0 radical (unpaired) electrons. The highest BCUT2D eigenvalue weighted by molar-refractivity contribution is 5.76.